The summed E-state index contributed by atoms with van der Waals surface area (Å²) < 4.78 is 53.5. The lowest BCUT2D eigenvalue weighted by Crippen LogP contribution is -2.25. The van der Waals surface area contributed by atoms with Crippen LogP contribution in [0.25, 0.3) is 0 Å². The molecule has 0 radical (unpaired) electrons. The number of benzene rings is 1. The van der Waals surface area contributed by atoms with Gasteiger partial charge in [-0.25, -0.2) is 4.79 Å². The zero-order valence-electron chi connectivity index (χ0n) is 17.6. The third-order valence-electron chi connectivity index (χ3n) is 3.53. The van der Waals surface area contributed by atoms with Crippen LogP contribution in [0.1, 0.15) is 45.0 Å². The Kier molecular flexibility index (Phi) is 11.1. The quantitative estimate of drug-likeness (QED) is 0.305. The molecular formula is C18H31NO8P2. The highest BCUT2D eigenvalue weighted by Crippen LogP contribution is 2.70. The van der Waals surface area contributed by atoms with Crippen molar-refractivity contribution >= 4 is 26.8 Å². The smallest absolute Gasteiger partial charge is 0.365 e. The molecule has 1 rings (SSSR count). The predicted octanol–water partition coefficient (Wildman–Crippen LogP) is 5.09. The normalized spacial score (nSPS) is 12.2. The maximum absolute atomic E-state index is 13.5. The molecule has 0 saturated heterocycles. The number of carbonyl (C=O) groups is 1. The largest absolute Gasteiger partial charge is 0.462 e. The van der Waals surface area contributed by atoms with Crippen LogP contribution in [0.2, 0.25) is 0 Å². The van der Waals surface area contributed by atoms with Crippen molar-refractivity contribution in [3.63, 3.8) is 0 Å². The average Bonchev–Trinajstić information content (AvgIpc) is 2.67. The van der Waals surface area contributed by atoms with E-state index in [2.05, 4.69) is 5.32 Å². The molecule has 1 N–H and O–H groups in total. The van der Waals surface area contributed by atoms with E-state index in [4.69, 9.17) is 22.8 Å². The monoisotopic (exact) mass is 451 g/mol. The molecular weight excluding hydrogens is 420 g/mol. The maximum Gasteiger partial charge on any atom is 0.365 e. The number of hydrogen-bond donors (Lipinski definition) is 1. The van der Waals surface area contributed by atoms with E-state index in [0.29, 0.717) is 11.3 Å². The number of hydrogen-bond acceptors (Lipinski definition) is 9. The lowest BCUT2D eigenvalue weighted by molar-refractivity contribution is 0.0526. The summed E-state index contributed by atoms with van der Waals surface area (Å²) in [4.78, 5) is 11.8. The van der Waals surface area contributed by atoms with Crippen LogP contribution in [0.5, 0.6) is 0 Å². The summed E-state index contributed by atoms with van der Waals surface area (Å²) in [6.07, 6.45) is 0. The molecule has 1 aromatic carbocycles. The first-order chi connectivity index (χ1) is 13.8. The first kappa shape index (κ1) is 25.8. The number of rotatable bonds is 14. The average molecular weight is 451 g/mol. The molecule has 11 heteroatoms. The molecule has 0 atom stereocenters. The Balaban J connectivity index is 3.31. The van der Waals surface area contributed by atoms with Crippen molar-refractivity contribution in [2.45, 2.75) is 40.1 Å². The van der Waals surface area contributed by atoms with Crippen LogP contribution in [-0.4, -0.2) is 44.5 Å². The van der Waals surface area contributed by atoms with Crippen LogP contribution in [0.15, 0.2) is 24.3 Å². The Labute approximate surface area is 172 Å². The molecule has 0 amide bonds. The summed E-state index contributed by atoms with van der Waals surface area (Å²) in [5.74, 6) is -0.459. The highest BCUT2D eigenvalue weighted by Gasteiger charge is 2.51. The lowest BCUT2D eigenvalue weighted by atomic mass is 10.2. The lowest BCUT2D eigenvalue weighted by Gasteiger charge is -2.32. The molecule has 0 aliphatic carbocycles. The molecule has 0 aliphatic heterocycles. The molecule has 0 saturated carbocycles. The Bertz CT molecular complexity index is 675. The molecule has 0 unspecified atom stereocenters. The number of ether oxygens (including phenoxy) is 1. The van der Waals surface area contributed by atoms with Crippen molar-refractivity contribution in [1.29, 1.82) is 0 Å². The molecule has 0 heterocycles. The van der Waals surface area contributed by atoms with E-state index in [0.717, 1.165) is 0 Å². The van der Waals surface area contributed by atoms with Gasteiger partial charge in [0, 0.05) is 5.69 Å². The van der Waals surface area contributed by atoms with Gasteiger partial charge in [-0.05, 0) is 58.9 Å². The maximum atomic E-state index is 13.5. The van der Waals surface area contributed by atoms with Crippen molar-refractivity contribution in [2.24, 2.45) is 0 Å². The summed E-state index contributed by atoms with van der Waals surface area (Å²) >= 11 is 0. The Morgan fingerprint density at radius 1 is 0.793 bits per heavy atom. The Morgan fingerprint density at radius 2 is 1.21 bits per heavy atom. The molecule has 166 valence electrons. The van der Waals surface area contributed by atoms with Gasteiger partial charge in [-0.3, -0.25) is 9.13 Å². The van der Waals surface area contributed by atoms with Crippen LogP contribution in [0, 0.1) is 0 Å². The van der Waals surface area contributed by atoms with Gasteiger partial charge >= 0.3 is 21.2 Å². The first-order valence-electron chi connectivity index (χ1n) is 9.61. The van der Waals surface area contributed by atoms with Crippen molar-refractivity contribution in [3.8, 4) is 0 Å². The minimum atomic E-state index is -3.93. The highest BCUT2D eigenvalue weighted by molar-refractivity contribution is 7.72. The summed E-state index contributed by atoms with van der Waals surface area (Å²) in [6.45, 7) is 8.92. The second-order valence-corrected chi connectivity index (χ2v) is 10.2. The van der Waals surface area contributed by atoms with Gasteiger partial charge in [0.05, 0.1) is 38.6 Å². The SMILES string of the molecule is CCOC(=O)c1ccc(NC(P(=O)(OCC)OCC)P(=O)(OCC)OCC)cc1. The third-order valence-corrected chi connectivity index (χ3v) is 9.15. The van der Waals surface area contributed by atoms with E-state index in [-0.39, 0.29) is 33.0 Å². The summed E-state index contributed by atoms with van der Waals surface area (Å²) in [7, 11) is -7.87. The van der Waals surface area contributed by atoms with Crippen LogP contribution in [0.3, 0.4) is 0 Å². The molecule has 0 bridgehead atoms. The van der Waals surface area contributed by atoms with E-state index in [1.165, 1.54) is 12.1 Å². The fourth-order valence-corrected chi connectivity index (χ4v) is 7.43. The Hall–Kier alpha value is -1.21. The second kappa shape index (κ2) is 12.5. The van der Waals surface area contributed by atoms with E-state index in [1.807, 2.05) is 0 Å². The molecule has 1 aromatic rings. The molecule has 0 aromatic heterocycles. The highest BCUT2D eigenvalue weighted by atomic mass is 31.2. The number of esters is 1. The fraction of sp³-hybridized carbons (Fsp3) is 0.611. The van der Waals surface area contributed by atoms with E-state index >= 15 is 0 Å². The van der Waals surface area contributed by atoms with Crippen LogP contribution in [-0.2, 0) is 32.0 Å². The van der Waals surface area contributed by atoms with Crippen molar-refractivity contribution in [2.75, 3.05) is 38.4 Å². The van der Waals surface area contributed by atoms with Gasteiger partial charge < -0.3 is 28.1 Å². The van der Waals surface area contributed by atoms with Gasteiger partial charge in [0.25, 0.3) is 0 Å². The first-order valence-corrected chi connectivity index (χ1v) is 12.8. The van der Waals surface area contributed by atoms with Crippen molar-refractivity contribution in [1.82, 2.24) is 0 Å². The summed E-state index contributed by atoms with van der Waals surface area (Å²) in [5, 5.41) is 2.92. The van der Waals surface area contributed by atoms with Gasteiger partial charge in [0.2, 0.25) is 5.52 Å². The van der Waals surface area contributed by atoms with Gasteiger partial charge in [-0.15, -0.1) is 0 Å². The molecule has 0 fully saturated rings. The van der Waals surface area contributed by atoms with Gasteiger partial charge in [-0.2, -0.15) is 0 Å². The zero-order valence-corrected chi connectivity index (χ0v) is 19.4. The van der Waals surface area contributed by atoms with Crippen LogP contribution < -0.4 is 5.32 Å². The van der Waals surface area contributed by atoms with Crippen LogP contribution >= 0.6 is 15.2 Å². The third kappa shape index (κ3) is 7.21. The van der Waals surface area contributed by atoms with Crippen molar-refractivity contribution in [3.05, 3.63) is 29.8 Å². The molecule has 0 spiro atoms. The van der Waals surface area contributed by atoms with E-state index in [1.54, 1.807) is 46.8 Å². The molecule has 9 nitrogen and oxygen atoms in total. The van der Waals surface area contributed by atoms with E-state index < -0.39 is 26.7 Å². The zero-order chi connectivity index (χ0) is 21.9. The minimum absolute atomic E-state index is 0.0789. The number of anilines is 1. The number of carbonyl (C=O) groups excluding carboxylic acids is 1. The summed E-state index contributed by atoms with van der Waals surface area (Å²) in [6, 6.07) is 6.22. The van der Waals surface area contributed by atoms with Gasteiger partial charge in [0.1, 0.15) is 0 Å². The molecule has 0 aliphatic rings. The van der Waals surface area contributed by atoms with Gasteiger partial charge in [-0.1, -0.05) is 0 Å². The minimum Gasteiger partial charge on any atom is -0.462 e. The Morgan fingerprint density at radius 3 is 1.55 bits per heavy atom. The summed E-state index contributed by atoms with van der Waals surface area (Å²) in [5.41, 5.74) is -0.602. The second-order valence-electron chi connectivity index (χ2n) is 5.57. The number of nitrogens with one attached hydrogen (secondary N) is 1. The standard InChI is InChI=1S/C18H31NO8P2/c1-6-23-17(20)15-11-13-16(14-12-15)19-18(28(21,24-7-2)25-8-3)29(22,26-9-4)27-10-5/h11-14,18-19H,6-10H2,1-5H3. The molecule has 29 heavy (non-hydrogen) atoms. The topological polar surface area (TPSA) is 109 Å². The predicted molar refractivity (Wildman–Crippen MR) is 112 cm³/mol. The van der Waals surface area contributed by atoms with Crippen LogP contribution in [0.4, 0.5) is 5.69 Å². The van der Waals surface area contributed by atoms with Crippen molar-refractivity contribution < 1.29 is 36.8 Å². The van der Waals surface area contributed by atoms with E-state index in [9.17, 15) is 13.9 Å². The fourth-order valence-electron chi connectivity index (χ4n) is 2.47. The van der Waals surface area contributed by atoms with Gasteiger partial charge in [0.15, 0.2) is 0 Å².